The van der Waals surface area contributed by atoms with Crippen LogP contribution in [0.25, 0.3) is 0 Å². The minimum atomic E-state index is -0.114. The van der Waals surface area contributed by atoms with Gasteiger partial charge in [0.15, 0.2) is 0 Å². The Balaban J connectivity index is 1.91. The zero-order chi connectivity index (χ0) is 25.0. The van der Waals surface area contributed by atoms with Crippen molar-refractivity contribution in [2.24, 2.45) is 0 Å². The van der Waals surface area contributed by atoms with Gasteiger partial charge < -0.3 is 20.9 Å². The third-order valence-corrected chi connectivity index (χ3v) is 6.26. The van der Waals surface area contributed by atoms with Gasteiger partial charge in [-0.3, -0.25) is 9.59 Å². The summed E-state index contributed by atoms with van der Waals surface area (Å²) in [6.07, 6.45) is 2.40. The fourth-order valence-electron chi connectivity index (χ4n) is 4.07. The van der Waals surface area contributed by atoms with Gasteiger partial charge in [0.05, 0.1) is 11.4 Å². The van der Waals surface area contributed by atoms with E-state index in [1.54, 1.807) is 0 Å². The molecule has 0 aliphatic rings. The van der Waals surface area contributed by atoms with Gasteiger partial charge in [-0.15, -0.1) is 0 Å². The van der Waals surface area contributed by atoms with E-state index in [-0.39, 0.29) is 11.9 Å². The first kappa shape index (κ1) is 26.1. The van der Waals surface area contributed by atoms with Crippen LogP contribution in [0.4, 0.5) is 11.4 Å². The lowest BCUT2D eigenvalue weighted by atomic mass is 10.0. The lowest BCUT2D eigenvalue weighted by Gasteiger charge is -2.31. The van der Waals surface area contributed by atoms with Crippen LogP contribution in [-0.2, 0) is 17.8 Å². The quantitative estimate of drug-likeness (QED) is 0.297. The summed E-state index contributed by atoms with van der Waals surface area (Å²) in [5.74, 6) is -0.114. The summed E-state index contributed by atoms with van der Waals surface area (Å²) in [6.45, 7) is 3.59. The van der Waals surface area contributed by atoms with Crippen LogP contribution >= 0.6 is 11.6 Å². The van der Waals surface area contributed by atoms with Crippen molar-refractivity contribution in [2.75, 3.05) is 30.4 Å². The summed E-state index contributed by atoms with van der Waals surface area (Å²) in [7, 11) is 1.84. The molecule has 0 saturated heterocycles. The number of amides is 2. The van der Waals surface area contributed by atoms with Crippen molar-refractivity contribution in [3.8, 4) is 0 Å². The average molecular weight is 493 g/mol. The predicted octanol–water partition coefficient (Wildman–Crippen LogP) is 4.89. The van der Waals surface area contributed by atoms with Gasteiger partial charge in [0.2, 0.25) is 6.41 Å². The van der Waals surface area contributed by atoms with Gasteiger partial charge in [0, 0.05) is 43.3 Å². The molecular weight excluding hydrogens is 460 g/mol. The maximum absolute atomic E-state index is 12.4. The number of aryl methyl sites for hydroxylation is 1. The summed E-state index contributed by atoms with van der Waals surface area (Å²) >= 11 is 6.50. The van der Waals surface area contributed by atoms with E-state index < -0.39 is 0 Å². The molecule has 35 heavy (non-hydrogen) atoms. The molecule has 3 rings (SSSR count). The molecule has 0 aliphatic carbocycles. The van der Waals surface area contributed by atoms with Crippen molar-refractivity contribution in [1.29, 1.82) is 0 Å². The van der Waals surface area contributed by atoms with Gasteiger partial charge in [-0.2, -0.15) is 0 Å². The van der Waals surface area contributed by atoms with Gasteiger partial charge >= 0.3 is 0 Å². The average Bonchev–Trinajstić information content (AvgIpc) is 2.88. The fourth-order valence-corrected chi connectivity index (χ4v) is 4.27. The molecule has 3 aromatic rings. The number of hydrogen-bond acceptors (Lipinski definition) is 4. The van der Waals surface area contributed by atoms with Crippen molar-refractivity contribution < 1.29 is 9.59 Å². The summed E-state index contributed by atoms with van der Waals surface area (Å²) in [5.41, 5.74) is 4.55. The molecular formula is C28H33ClN4O2. The van der Waals surface area contributed by atoms with Crippen LogP contribution in [0.1, 0.15) is 34.8 Å². The Morgan fingerprint density at radius 2 is 1.80 bits per heavy atom. The molecule has 6 nitrogen and oxygen atoms in total. The number of carbonyl (C=O) groups excluding carboxylic acids is 2. The highest BCUT2D eigenvalue weighted by Crippen LogP contribution is 2.30. The number of rotatable bonds is 13. The monoisotopic (exact) mass is 492 g/mol. The van der Waals surface area contributed by atoms with Crippen molar-refractivity contribution in [1.82, 2.24) is 10.6 Å². The molecule has 0 aliphatic heterocycles. The van der Waals surface area contributed by atoms with Gasteiger partial charge in [0.25, 0.3) is 5.91 Å². The topological polar surface area (TPSA) is 73.5 Å². The van der Waals surface area contributed by atoms with E-state index in [9.17, 15) is 9.59 Å². The van der Waals surface area contributed by atoms with Gasteiger partial charge in [0.1, 0.15) is 0 Å². The largest absolute Gasteiger partial charge is 0.386 e. The maximum Gasteiger partial charge on any atom is 0.251 e. The van der Waals surface area contributed by atoms with Crippen LogP contribution in [-0.4, -0.2) is 38.5 Å². The normalized spacial score (nSPS) is 11.4. The van der Waals surface area contributed by atoms with Gasteiger partial charge in [-0.1, -0.05) is 60.1 Å². The predicted molar refractivity (Wildman–Crippen MR) is 144 cm³/mol. The van der Waals surface area contributed by atoms with Gasteiger partial charge in [-0.25, -0.2) is 0 Å². The molecule has 0 saturated carbocycles. The molecule has 3 N–H and O–H groups in total. The molecule has 0 fully saturated rings. The number of benzene rings is 3. The Labute approximate surface area is 212 Å². The number of halogens is 1. The van der Waals surface area contributed by atoms with E-state index in [0.717, 1.165) is 36.2 Å². The molecule has 3 aromatic carbocycles. The summed E-state index contributed by atoms with van der Waals surface area (Å²) < 4.78 is 0. The van der Waals surface area contributed by atoms with Crippen LogP contribution in [0.15, 0.2) is 72.8 Å². The van der Waals surface area contributed by atoms with E-state index >= 15 is 0 Å². The van der Waals surface area contributed by atoms with Crippen molar-refractivity contribution >= 4 is 35.3 Å². The summed E-state index contributed by atoms with van der Waals surface area (Å²) in [5, 5.41) is 9.76. The molecule has 0 heterocycles. The Hall–Kier alpha value is -3.51. The molecule has 184 valence electrons. The lowest BCUT2D eigenvalue weighted by Crippen LogP contribution is -2.41. The Morgan fingerprint density at radius 1 is 1.06 bits per heavy atom. The van der Waals surface area contributed by atoms with Crippen LogP contribution in [0.5, 0.6) is 0 Å². The third-order valence-electron chi connectivity index (χ3n) is 5.89. The molecule has 0 radical (unpaired) electrons. The van der Waals surface area contributed by atoms with E-state index in [4.69, 9.17) is 11.6 Å². The van der Waals surface area contributed by atoms with Crippen molar-refractivity contribution in [3.63, 3.8) is 0 Å². The molecule has 1 atom stereocenters. The van der Waals surface area contributed by atoms with Crippen LogP contribution < -0.4 is 20.9 Å². The third kappa shape index (κ3) is 7.49. The number of carbonyl (C=O) groups is 2. The second-order valence-electron chi connectivity index (χ2n) is 8.32. The zero-order valence-corrected chi connectivity index (χ0v) is 21.0. The van der Waals surface area contributed by atoms with Crippen molar-refractivity contribution in [3.05, 3.63) is 94.5 Å². The number of nitrogens with zero attached hydrogens (tertiary/aromatic N) is 1. The Kier molecular flexibility index (Phi) is 9.99. The smallest absolute Gasteiger partial charge is 0.251 e. The number of hydrogen-bond donors (Lipinski definition) is 3. The fraction of sp³-hybridized carbons (Fsp3) is 0.286. The van der Waals surface area contributed by atoms with E-state index in [1.165, 1.54) is 5.56 Å². The molecule has 2 amide bonds. The van der Waals surface area contributed by atoms with Crippen LogP contribution in [0.3, 0.4) is 0 Å². The standard InChI is InChI=1S/C28H33ClN4O2/c1-3-31-28(35)22-14-16-27(26(17-22)30-2)33(18-23-11-7-8-12-25(23)29)19-24(32-20-34)15-13-21-9-5-4-6-10-21/h4-12,14,16-17,20,24,30H,3,13,15,18-19H2,1-2H3,(H,31,35)(H,32,34). The molecule has 0 aromatic heterocycles. The van der Waals surface area contributed by atoms with Gasteiger partial charge in [-0.05, 0) is 55.2 Å². The number of nitrogens with one attached hydrogen (secondary N) is 3. The summed E-state index contributed by atoms with van der Waals surface area (Å²) in [4.78, 5) is 26.0. The van der Waals surface area contributed by atoms with Crippen LogP contribution in [0, 0.1) is 0 Å². The zero-order valence-electron chi connectivity index (χ0n) is 20.3. The highest BCUT2D eigenvalue weighted by molar-refractivity contribution is 6.31. The molecule has 0 spiro atoms. The first-order chi connectivity index (χ1) is 17.0. The molecule has 1 unspecified atom stereocenters. The first-order valence-electron chi connectivity index (χ1n) is 11.9. The SMILES string of the molecule is CCNC(=O)c1ccc(N(Cc2ccccc2Cl)CC(CCc2ccccc2)NC=O)c(NC)c1. The summed E-state index contributed by atoms with van der Waals surface area (Å²) in [6, 6.07) is 23.5. The lowest BCUT2D eigenvalue weighted by molar-refractivity contribution is -0.110. The number of anilines is 2. The van der Waals surface area contributed by atoms with Crippen molar-refractivity contribution in [2.45, 2.75) is 32.4 Å². The highest BCUT2D eigenvalue weighted by Gasteiger charge is 2.19. The maximum atomic E-state index is 12.4. The minimum Gasteiger partial charge on any atom is -0.386 e. The highest BCUT2D eigenvalue weighted by atomic mass is 35.5. The second kappa shape index (κ2) is 13.4. The molecule has 0 bridgehead atoms. The Morgan fingerprint density at radius 3 is 2.49 bits per heavy atom. The molecule has 7 heteroatoms. The van der Waals surface area contributed by atoms with E-state index in [1.807, 2.05) is 74.6 Å². The first-order valence-corrected chi connectivity index (χ1v) is 12.3. The minimum absolute atomic E-state index is 0.0806. The van der Waals surface area contributed by atoms with E-state index in [2.05, 4.69) is 33.0 Å². The van der Waals surface area contributed by atoms with E-state index in [0.29, 0.717) is 30.2 Å². The Bertz CT molecular complexity index is 1110. The van der Waals surface area contributed by atoms with Crippen LogP contribution in [0.2, 0.25) is 5.02 Å². The second-order valence-corrected chi connectivity index (χ2v) is 8.73.